The van der Waals surface area contributed by atoms with Gasteiger partial charge in [0.25, 0.3) is 0 Å². The van der Waals surface area contributed by atoms with Crippen LogP contribution in [0.25, 0.3) is 0 Å². The molecule has 1 N–H and O–H groups in total. The molecule has 0 spiro atoms. The second kappa shape index (κ2) is 5.45. The molecule has 3 heteroatoms. The summed E-state index contributed by atoms with van der Waals surface area (Å²) in [4.78, 5) is 0. The van der Waals surface area contributed by atoms with Gasteiger partial charge < -0.3 is 0 Å². The maximum Gasteiger partial charge on any atom is 0.0952 e. The number of nitrogens with zero attached hydrogens (tertiary/aromatic N) is 1. The van der Waals surface area contributed by atoms with Crippen LogP contribution < -0.4 is 5.32 Å². The normalized spacial score (nSPS) is 21.7. The molecule has 0 radical (unpaired) electrons. The van der Waals surface area contributed by atoms with E-state index >= 15 is 0 Å². The van der Waals surface area contributed by atoms with Crippen molar-refractivity contribution in [3.05, 3.63) is 0 Å². The summed E-state index contributed by atoms with van der Waals surface area (Å²) in [5.41, 5.74) is 0. The molecular weight excluding hydrogens is 168 g/mol. The standard InChI is InChI=1S/C9H16N2S/c1-2-8(7-10)11-9-3-5-12-6-4-9/h8-9,11H,2-6H2,1H3. The lowest BCUT2D eigenvalue weighted by atomic mass is 10.1. The van der Waals surface area contributed by atoms with E-state index in [4.69, 9.17) is 5.26 Å². The highest BCUT2D eigenvalue weighted by Gasteiger charge is 2.16. The van der Waals surface area contributed by atoms with Crippen LogP contribution in [0.2, 0.25) is 0 Å². The van der Waals surface area contributed by atoms with E-state index in [1.165, 1.54) is 24.3 Å². The summed E-state index contributed by atoms with van der Waals surface area (Å²) < 4.78 is 0. The van der Waals surface area contributed by atoms with Crippen molar-refractivity contribution in [2.24, 2.45) is 0 Å². The Hall–Kier alpha value is -0.200. The van der Waals surface area contributed by atoms with Crippen molar-refractivity contribution in [1.29, 1.82) is 5.26 Å². The van der Waals surface area contributed by atoms with E-state index < -0.39 is 0 Å². The van der Waals surface area contributed by atoms with Crippen LogP contribution in [0.4, 0.5) is 0 Å². The zero-order valence-electron chi connectivity index (χ0n) is 7.55. The van der Waals surface area contributed by atoms with Crippen LogP contribution in [0.3, 0.4) is 0 Å². The summed E-state index contributed by atoms with van der Waals surface area (Å²) in [6.45, 7) is 2.05. The topological polar surface area (TPSA) is 35.8 Å². The van der Waals surface area contributed by atoms with Crippen LogP contribution in [-0.2, 0) is 0 Å². The third-order valence-corrected chi connectivity index (χ3v) is 3.27. The smallest absolute Gasteiger partial charge is 0.0952 e. The van der Waals surface area contributed by atoms with Crippen LogP contribution in [-0.4, -0.2) is 23.6 Å². The van der Waals surface area contributed by atoms with Gasteiger partial charge in [0, 0.05) is 6.04 Å². The van der Waals surface area contributed by atoms with Gasteiger partial charge in [0.1, 0.15) is 0 Å². The van der Waals surface area contributed by atoms with E-state index in [0.29, 0.717) is 6.04 Å². The monoisotopic (exact) mass is 184 g/mol. The highest BCUT2D eigenvalue weighted by atomic mass is 32.2. The van der Waals surface area contributed by atoms with Crippen LogP contribution in [0, 0.1) is 11.3 Å². The molecule has 0 aromatic carbocycles. The van der Waals surface area contributed by atoms with Gasteiger partial charge in [0.2, 0.25) is 0 Å². The first-order valence-electron chi connectivity index (χ1n) is 4.60. The van der Waals surface area contributed by atoms with Crippen molar-refractivity contribution in [2.45, 2.75) is 38.3 Å². The summed E-state index contributed by atoms with van der Waals surface area (Å²) in [5, 5.41) is 12.1. The van der Waals surface area contributed by atoms with Gasteiger partial charge in [-0.1, -0.05) is 6.92 Å². The van der Waals surface area contributed by atoms with Gasteiger partial charge >= 0.3 is 0 Å². The Morgan fingerprint density at radius 1 is 1.58 bits per heavy atom. The highest BCUT2D eigenvalue weighted by molar-refractivity contribution is 7.99. The van der Waals surface area contributed by atoms with E-state index in [-0.39, 0.29) is 6.04 Å². The molecule has 1 atom stereocenters. The molecule has 0 aromatic heterocycles. The molecule has 0 saturated carbocycles. The zero-order chi connectivity index (χ0) is 8.81. The maximum atomic E-state index is 8.74. The lowest BCUT2D eigenvalue weighted by molar-refractivity contribution is 0.443. The van der Waals surface area contributed by atoms with E-state index in [0.717, 1.165) is 6.42 Å². The quantitative estimate of drug-likeness (QED) is 0.726. The van der Waals surface area contributed by atoms with E-state index in [1.54, 1.807) is 0 Å². The molecule has 1 rings (SSSR count). The maximum absolute atomic E-state index is 8.74. The Balaban J connectivity index is 2.24. The van der Waals surface area contributed by atoms with E-state index in [2.05, 4.69) is 18.3 Å². The summed E-state index contributed by atoms with van der Waals surface area (Å²) >= 11 is 2.02. The van der Waals surface area contributed by atoms with Crippen molar-refractivity contribution in [3.63, 3.8) is 0 Å². The number of thioether (sulfide) groups is 1. The lowest BCUT2D eigenvalue weighted by Crippen LogP contribution is -2.39. The molecular formula is C9H16N2S. The predicted molar refractivity (Wildman–Crippen MR) is 53.2 cm³/mol. The van der Waals surface area contributed by atoms with Crippen molar-refractivity contribution in [3.8, 4) is 6.07 Å². The van der Waals surface area contributed by atoms with Crippen LogP contribution in [0.15, 0.2) is 0 Å². The third-order valence-electron chi connectivity index (χ3n) is 2.22. The molecule has 1 heterocycles. The summed E-state index contributed by atoms with van der Waals surface area (Å²) in [5.74, 6) is 2.50. The second-order valence-corrected chi connectivity index (χ2v) is 4.37. The molecule has 1 aliphatic rings. The first kappa shape index (κ1) is 9.88. The van der Waals surface area contributed by atoms with Gasteiger partial charge in [0.15, 0.2) is 0 Å². The molecule has 1 unspecified atom stereocenters. The number of nitriles is 1. The van der Waals surface area contributed by atoms with Crippen molar-refractivity contribution in [2.75, 3.05) is 11.5 Å². The number of nitrogens with one attached hydrogen (secondary N) is 1. The number of hydrogen-bond donors (Lipinski definition) is 1. The molecule has 1 aliphatic heterocycles. The Kier molecular flexibility index (Phi) is 4.49. The Morgan fingerprint density at radius 2 is 2.25 bits per heavy atom. The van der Waals surface area contributed by atoms with Gasteiger partial charge in [-0.2, -0.15) is 17.0 Å². The van der Waals surface area contributed by atoms with Crippen molar-refractivity contribution < 1.29 is 0 Å². The SMILES string of the molecule is CCC(C#N)NC1CCSCC1. The summed E-state index contributed by atoms with van der Waals surface area (Å²) in [6, 6.07) is 2.94. The minimum Gasteiger partial charge on any atom is -0.299 e. The fourth-order valence-corrected chi connectivity index (χ4v) is 2.50. The zero-order valence-corrected chi connectivity index (χ0v) is 8.36. The summed E-state index contributed by atoms with van der Waals surface area (Å²) in [7, 11) is 0. The largest absolute Gasteiger partial charge is 0.299 e. The Morgan fingerprint density at radius 3 is 2.75 bits per heavy atom. The molecule has 0 bridgehead atoms. The molecule has 2 nitrogen and oxygen atoms in total. The fourth-order valence-electron chi connectivity index (χ4n) is 1.40. The Bertz CT molecular complexity index is 158. The first-order chi connectivity index (χ1) is 5.86. The van der Waals surface area contributed by atoms with Gasteiger partial charge in [-0.15, -0.1) is 0 Å². The molecule has 1 saturated heterocycles. The second-order valence-electron chi connectivity index (χ2n) is 3.14. The molecule has 68 valence electrons. The van der Waals surface area contributed by atoms with Gasteiger partial charge in [-0.05, 0) is 30.8 Å². The van der Waals surface area contributed by atoms with Crippen molar-refractivity contribution >= 4 is 11.8 Å². The molecule has 12 heavy (non-hydrogen) atoms. The van der Waals surface area contributed by atoms with Gasteiger partial charge in [-0.3, -0.25) is 5.32 Å². The third kappa shape index (κ3) is 3.04. The average Bonchev–Trinajstić information content (AvgIpc) is 2.16. The summed E-state index contributed by atoms with van der Waals surface area (Å²) in [6.07, 6.45) is 3.37. The van der Waals surface area contributed by atoms with E-state index in [9.17, 15) is 0 Å². The lowest BCUT2D eigenvalue weighted by Gasteiger charge is -2.24. The minimum absolute atomic E-state index is 0.0677. The van der Waals surface area contributed by atoms with E-state index in [1.807, 2.05) is 11.8 Å². The molecule has 1 fully saturated rings. The van der Waals surface area contributed by atoms with Gasteiger partial charge in [-0.25, -0.2) is 0 Å². The molecule has 0 amide bonds. The molecule has 0 aliphatic carbocycles. The number of hydrogen-bond acceptors (Lipinski definition) is 3. The molecule has 0 aromatic rings. The van der Waals surface area contributed by atoms with Gasteiger partial charge in [0.05, 0.1) is 12.1 Å². The van der Waals surface area contributed by atoms with Crippen molar-refractivity contribution in [1.82, 2.24) is 5.32 Å². The number of rotatable bonds is 3. The van der Waals surface area contributed by atoms with Crippen LogP contribution in [0.5, 0.6) is 0 Å². The fraction of sp³-hybridized carbons (Fsp3) is 0.889. The predicted octanol–water partition coefficient (Wildman–Crippen LogP) is 1.77. The average molecular weight is 184 g/mol. The highest BCUT2D eigenvalue weighted by Crippen LogP contribution is 2.17. The Labute approximate surface area is 78.7 Å². The van der Waals surface area contributed by atoms with Crippen LogP contribution in [0.1, 0.15) is 26.2 Å². The minimum atomic E-state index is 0.0677. The van der Waals surface area contributed by atoms with Crippen LogP contribution >= 0.6 is 11.8 Å². The first-order valence-corrected chi connectivity index (χ1v) is 5.75.